The van der Waals surface area contributed by atoms with E-state index in [2.05, 4.69) is 15.6 Å². The highest BCUT2D eigenvalue weighted by Gasteiger charge is 2.18. The number of hydrogen-bond acceptors (Lipinski definition) is 4. The van der Waals surface area contributed by atoms with Crippen LogP contribution < -0.4 is 10.6 Å². The standard InChI is InChI=1S/C19H25N3O3/c1-5-7-8-16(23)21-14-10-9-12(3)11-15(14)22-19(24)18-13(4)20-17(6-2)25-18/h9-11H,5-8H2,1-4H3,(H,21,23)(H,22,24). The predicted molar refractivity (Wildman–Crippen MR) is 97.9 cm³/mol. The summed E-state index contributed by atoms with van der Waals surface area (Å²) in [6, 6.07) is 5.50. The van der Waals surface area contributed by atoms with Crippen LogP contribution >= 0.6 is 0 Å². The molecule has 0 bridgehead atoms. The Labute approximate surface area is 148 Å². The van der Waals surface area contributed by atoms with Crippen molar-refractivity contribution in [3.63, 3.8) is 0 Å². The van der Waals surface area contributed by atoms with Gasteiger partial charge in [0.15, 0.2) is 5.89 Å². The van der Waals surface area contributed by atoms with Gasteiger partial charge in [0.2, 0.25) is 11.7 Å². The fourth-order valence-electron chi connectivity index (χ4n) is 2.41. The molecule has 0 radical (unpaired) electrons. The van der Waals surface area contributed by atoms with Gasteiger partial charge in [0.05, 0.1) is 17.1 Å². The molecule has 0 aliphatic carbocycles. The van der Waals surface area contributed by atoms with Crippen LogP contribution in [-0.4, -0.2) is 16.8 Å². The van der Waals surface area contributed by atoms with E-state index < -0.39 is 0 Å². The maximum absolute atomic E-state index is 12.5. The Morgan fingerprint density at radius 1 is 1.12 bits per heavy atom. The lowest BCUT2D eigenvalue weighted by Crippen LogP contribution is -2.17. The van der Waals surface area contributed by atoms with E-state index in [1.165, 1.54) is 0 Å². The van der Waals surface area contributed by atoms with E-state index in [0.717, 1.165) is 18.4 Å². The molecule has 25 heavy (non-hydrogen) atoms. The summed E-state index contributed by atoms with van der Waals surface area (Å²) < 4.78 is 5.49. The highest BCUT2D eigenvalue weighted by molar-refractivity contribution is 6.06. The van der Waals surface area contributed by atoms with Gasteiger partial charge in [0.25, 0.3) is 5.91 Å². The lowest BCUT2D eigenvalue weighted by atomic mass is 10.1. The molecule has 0 spiro atoms. The number of anilines is 2. The number of rotatable bonds is 7. The monoisotopic (exact) mass is 343 g/mol. The van der Waals surface area contributed by atoms with Crippen molar-refractivity contribution in [1.29, 1.82) is 0 Å². The lowest BCUT2D eigenvalue weighted by Gasteiger charge is -2.13. The molecular weight excluding hydrogens is 318 g/mol. The van der Waals surface area contributed by atoms with E-state index in [0.29, 0.717) is 35.8 Å². The van der Waals surface area contributed by atoms with Crippen molar-refractivity contribution in [1.82, 2.24) is 4.98 Å². The first kappa shape index (κ1) is 18.7. The minimum absolute atomic E-state index is 0.0645. The van der Waals surface area contributed by atoms with Crippen molar-refractivity contribution in [2.45, 2.75) is 53.4 Å². The van der Waals surface area contributed by atoms with Crippen LogP contribution in [0.2, 0.25) is 0 Å². The number of oxazole rings is 1. The summed E-state index contributed by atoms with van der Waals surface area (Å²) in [6.45, 7) is 7.61. The van der Waals surface area contributed by atoms with Gasteiger partial charge in [0.1, 0.15) is 0 Å². The summed E-state index contributed by atoms with van der Waals surface area (Å²) in [5.41, 5.74) is 2.65. The predicted octanol–water partition coefficient (Wildman–Crippen LogP) is 4.23. The minimum atomic E-state index is -0.376. The van der Waals surface area contributed by atoms with Crippen LogP contribution in [0.3, 0.4) is 0 Å². The van der Waals surface area contributed by atoms with Crippen LogP contribution in [0.1, 0.15) is 60.8 Å². The molecule has 0 fully saturated rings. The van der Waals surface area contributed by atoms with Crippen LogP contribution in [0.4, 0.5) is 11.4 Å². The topological polar surface area (TPSA) is 84.2 Å². The molecule has 0 saturated carbocycles. The number of nitrogens with zero attached hydrogens (tertiary/aromatic N) is 1. The van der Waals surface area contributed by atoms with Gasteiger partial charge in [-0.25, -0.2) is 4.98 Å². The molecular formula is C19H25N3O3. The van der Waals surface area contributed by atoms with Crippen LogP contribution in [0.15, 0.2) is 22.6 Å². The highest BCUT2D eigenvalue weighted by atomic mass is 16.4. The van der Waals surface area contributed by atoms with Gasteiger partial charge in [-0.05, 0) is 38.0 Å². The Hall–Kier alpha value is -2.63. The smallest absolute Gasteiger partial charge is 0.293 e. The zero-order chi connectivity index (χ0) is 18.4. The molecule has 2 amide bonds. The molecule has 0 atom stereocenters. The molecule has 1 aromatic heterocycles. The molecule has 6 heteroatoms. The Morgan fingerprint density at radius 2 is 1.88 bits per heavy atom. The second-order valence-electron chi connectivity index (χ2n) is 6.03. The van der Waals surface area contributed by atoms with Gasteiger partial charge in [-0.3, -0.25) is 9.59 Å². The van der Waals surface area contributed by atoms with Crippen LogP contribution in [0, 0.1) is 13.8 Å². The van der Waals surface area contributed by atoms with Crippen molar-refractivity contribution < 1.29 is 14.0 Å². The largest absolute Gasteiger partial charge is 0.435 e. The molecule has 6 nitrogen and oxygen atoms in total. The first-order valence-electron chi connectivity index (χ1n) is 8.62. The maximum atomic E-state index is 12.5. The molecule has 0 aliphatic rings. The molecule has 2 N–H and O–H groups in total. The minimum Gasteiger partial charge on any atom is -0.435 e. The Kier molecular flexibility index (Phi) is 6.33. The number of carbonyl (C=O) groups excluding carboxylic acids is 2. The Balaban J connectivity index is 2.19. The van der Waals surface area contributed by atoms with Gasteiger partial charge in [0, 0.05) is 12.8 Å². The molecule has 2 rings (SSSR count). The lowest BCUT2D eigenvalue weighted by molar-refractivity contribution is -0.116. The number of amides is 2. The summed E-state index contributed by atoms with van der Waals surface area (Å²) in [5, 5.41) is 5.68. The molecule has 0 saturated heterocycles. The Morgan fingerprint density at radius 3 is 2.52 bits per heavy atom. The third-order valence-corrected chi connectivity index (χ3v) is 3.80. The van der Waals surface area contributed by atoms with Gasteiger partial charge in [-0.2, -0.15) is 0 Å². The normalized spacial score (nSPS) is 10.6. The fraction of sp³-hybridized carbons (Fsp3) is 0.421. The SMILES string of the molecule is CCCCC(=O)Nc1ccc(C)cc1NC(=O)c1oc(CC)nc1C. The van der Waals surface area contributed by atoms with E-state index in [1.54, 1.807) is 13.0 Å². The number of aryl methyl sites for hydroxylation is 3. The van der Waals surface area contributed by atoms with E-state index in [-0.39, 0.29) is 17.6 Å². The number of carbonyl (C=O) groups is 2. The fourth-order valence-corrected chi connectivity index (χ4v) is 2.41. The third-order valence-electron chi connectivity index (χ3n) is 3.80. The summed E-state index contributed by atoms with van der Waals surface area (Å²) in [5.74, 6) is 0.284. The Bertz CT molecular complexity index is 765. The molecule has 1 aromatic carbocycles. The average Bonchev–Trinajstić information content (AvgIpc) is 2.96. The third kappa shape index (κ3) is 4.92. The van der Waals surface area contributed by atoms with Crippen molar-refractivity contribution in [2.24, 2.45) is 0 Å². The second kappa shape index (κ2) is 8.46. The maximum Gasteiger partial charge on any atom is 0.293 e. The van der Waals surface area contributed by atoms with Gasteiger partial charge >= 0.3 is 0 Å². The van der Waals surface area contributed by atoms with E-state index in [4.69, 9.17) is 4.42 Å². The summed E-state index contributed by atoms with van der Waals surface area (Å²) in [6.07, 6.45) is 2.86. The second-order valence-corrected chi connectivity index (χ2v) is 6.03. The van der Waals surface area contributed by atoms with Gasteiger partial charge in [-0.1, -0.05) is 26.3 Å². The highest BCUT2D eigenvalue weighted by Crippen LogP contribution is 2.25. The van der Waals surface area contributed by atoms with E-state index in [9.17, 15) is 9.59 Å². The first-order chi connectivity index (χ1) is 11.9. The van der Waals surface area contributed by atoms with Crippen molar-refractivity contribution >= 4 is 23.2 Å². The molecule has 134 valence electrons. The van der Waals surface area contributed by atoms with Crippen molar-refractivity contribution in [2.75, 3.05) is 10.6 Å². The first-order valence-corrected chi connectivity index (χ1v) is 8.62. The number of hydrogen-bond donors (Lipinski definition) is 2. The summed E-state index contributed by atoms with van der Waals surface area (Å²) in [4.78, 5) is 28.8. The van der Waals surface area contributed by atoms with Gasteiger partial charge < -0.3 is 15.1 Å². The van der Waals surface area contributed by atoms with E-state index >= 15 is 0 Å². The van der Waals surface area contributed by atoms with Crippen LogP contribution in [0.5, 0.6) is 0 Å². The molecule has 2 aromatic rings. The number of aromatic nitrogens is 1. The number of unbranched alkanes of at least 4 members (excludes halogenated alkanes) is 1. The average molecular weight is 343 g/mol. The van der Waals surface area contributed by atoms with Gasteiger partial charge in [-0.15, -0.1) is 0 Å². The number of nitrogens with one attached hydrogen (secondary N) is 2. The summed E-state index contributed by atoms with van der Waals surface area (Å²) in [7, 11) is 0. The molecule has 0 aliphatic heterocycles. The van der Waals surface area contributed by atoms with Crippen LogP contribution in [0.25, 0.3) is 0 Å². The van der Waals surface area contributed by atoms with Crippen LogP contribution in [-0.2, 0) is 11.2 Å². The summed E-state index contributed by atoms with van der Waals surface area (Å²) >= 11 is 0. The van der Waals surface area contributed by atoms with E-state index in [1.807, 2.05) is 32.9 Å². The molecule has 0 unspecified atom stereocenters. The zero-order valence-corrected chi connectivity index (χ0v) is 15.2. The number of benzene rings is 1. The zero-order valence-electron chi connectivity index (χ0n) is 15.2. The van der Waals surface area contributed by atoms with Crippen molar-refractivity contribution in [3.8, 4) is 0 Å². The molecule has 1 heterocycles. The van der Waals surface area contributed by atoms with Crippen molar-refractivity contribution in [3.05, 3.63) is 41.1 Å². The quantitative estimate of drug-likeness (QED) is 0.788.